The summed E-state index contributed by atoms with van der Waals surface area (Å²) in [5.41, 5.74) is 0. The highest BCUT2D eigenvalue weighted by atomic mass is 16.5. The van der Waals surface area contributed by atoms with Gasteiger partial charge in [-0.25, -0.2) is 0 Å². The largest absolute Gasteiger partial charge is 0.392 e. The molecule has 2 fully saturated rings. The van der Waals surface area contributed by atoms with Gasteiger partial charge in [0.2, 0.25) is 0 Å². The number of ketones is 1. The molecule has 2 rings (SSSR count). The van der Waals surface area contributed by atoms with Crippen LogP contribution in [0.3, 0.4) is 0 Å². The fourth-order valence-electron chi connectivity index (χ4n) is 2.44. The molecule has 0 aromatic carbocycles. The normalized spacial score (nSPS) is 37.6. The molecule has 2 aliphatic heterocycles. The van der Waals surface area contributed by atoms with E-state index in [2.05, 4.69) is 11.8 Å². The van der Waals surface area contributed by atoms with Gasteiger partial charge in [-0.2, -0.15) is 0 Å². The average Bonchev–Trinajstić information content (AvgIpc) is 2.27. The summed E-state index contributed by atoms with van der Waals surface area (Å²) in [6, 6.07) is 0. The lowest BCUT2D eigenvalue weighted by molar-refractivity contribution is -0.132. The van der Waals surface area contributed by atoms with E-state index in [1.165, 1.54) is 0 Å². The average molecular weight is 227 g/mol. The van der Waals surface area contributed by atoms with Gasteiger partial charge < -0.3 is 9.84 Å². The first-order valence-electron chi connectivity index (χ1n) is 6.17. The topological polar surface area (TPSA) is 49.8 Å². The number of β-amino-alcohol motifs (C(OH)–C–C–N with tert-alkyl or cyclic N) is 1. The zero-order chi connectivity index (χ0) is 11.5. The number of carbonyl (C=O) groups is 1. The first kappa shape index (κ1) is 12.0. The maximum absolute atomic E-state index is 11.6. The van der Waals surface area contributed by atoms with Crippen LogP contribution in [0.2, 0.25) is 0 Å². The molecule has 0 saturated carbocycles. The Morgan fingerprint density at radius 1 is 1.56 bits per heavy atom. The third-order valence-electron chi connectivity index (χ3n) is 3.75. The molecule has 0 bridgehead atoms. The Bertz CT molecular complexity index is 257. The zero-order valence-electron chi connectivity index (χ0n) is 9.89. The number of nitrogens with zero attached hydrogens (tertiary/aromatic N) is 1. The second-order valence-corrected chi connectivity index (χ2v) is 5.08. The van der Waals surface area contributed by atoms with Crippen molar-refractivity contribution < 1.29 is 14.6 Å². The van der Waals surface area contributed by atoms with Gasteiger partial charge in [0.1, 0.15) is 5.78 Å². The van der Waals surface area contributed by atoms with Gasteiger partial charge in [-0.15, -0.1) is 0 Å². The minimum absolute atomic E-state index is 0.0226. The minimum Gasteiger partial charge on any atom is -0.392 e. The Kier molecular flexibility index (Phi) is 3.95. The van der Waals surface area contributed by atoms with Crippen LogP contribution < -0.4 is 0 Å². The fraction of sp³-hybridized carbons (Fsp3) is 0.917. The molecule has 92 valence electrons. The number of piperidine rings is 1. The van der Waals surface area contributed by atoms with Crippen LogP contribution in [0.25, 0.3) is 0 Å². The van der Waals surface area contributed by atoms with Crippen molar-refractivity contribution in [2.75, 3.05) is 32.8 Å². The highest BCUT2D eigenvalue weighted by Gasteiger charge is 2.29. The molecule has 0 amide bonds. The molecular formula is C12H21NO3. The van der Waals surface area contributed by atoms with Crippen LogP contribution in [-0.2, 0) is 9.53 Å². The Morgan fingerprint density at radius 3 is 3.06 bits per heavy atom. The molecule has 0 aromatic rings. The molecule has 3 atom stereocenters. The monoisotopic (exact) mass is 227 g/mol. The fourth-order valence-corrected chi connectivity index (χ4v) is 2.44. The lowest BCUT2D eigenvalue weighted by atomic mass is 9.93. The Balaban J connectivity index is 1.82. The van der Waals surface area contributed by atoms with Crippen LogP contribution in [0, 0.1) is 11.8 Å². The van der Waals surface area contributed by atoms with Gasteiger partial charge in [0.25, 0.3) is 0 Å². The number of ether oxygens (including phenoxy) is 1. The van der Waals surface area contributed by atoms with E-state index in [9.17, 15) is 9.90 Å². The molecule has 0 spiro atoms. The van der Waals surface area contributed by atoms with E-state index >= 15 is 0 Å². The van der Waals surface area contributed by atoms with Gasteiger partial charge in [0.15, 0.2) is 0 Å². The summed E-state index contributed by atoms with van der Waals surface area (Å²) >= 11 is 0. The van der Waals surface area contributed by atoms with Gasteiger partial charge in [-0.05, 0) is 18.9 Å². The highest BCUT2D eigenvalue weighted by molar-refractivity contribution is 5.82. The van der Waals surface area contributed by atoms with Crippen LogP contribution in [0.4, 0.5) is 0 Å². The number of aliphatic hydroxyl groups is 1. The third-order valence-corrected chi connectivity index (χ3v) is 3.75. The molecule has 2 heterocycles. The van der Waals surface area contributed by atoms with Crippen molar-refractivity contribution in [3.63, 3.8) is 0 Å². The van der Waals surface area contributed by atoms with Crippen molar-refractivity contribution in [1.29, 1.82) is 0 Å². The van der Waals surface area contributed by atoms with Crippen molar-refractivity contribution in [1.82, 2.24) is 4.90 Å². The zero-order valence-corrected chi connectivity index (χ0v) is 9.89. The summed E-state index contributed by atoms with van der Waals surface area (Å²) in [6.45, 7) is 5.66. The van der Waals surface area contributed by atoms with Gasteiger partial charge in [0.05, 0.1) is 25.2 Å². The smallest absolute Gasteiger partial charge is 0.141 e. The predicted molar refractivity (Wildman–Crippen MR) is 60.2 cm³/mol. The van der Waals surface area contributed by atoms with E-state index in [1.54, 1.807) is 0 Å². The third kappa shape index (κ3) is 2.81. The standard InChI is InChI=1S/C12H21NO3/c1-9-2-4-13(7-12(9)15)6-10-8-16-5-3-11(10)14/h9-10,12,15H,2-8H2,1H3. The summed E-state index contributed by atoms with van der Waals surface area (Å²) in [7, 11) is 0. The molecule has 2 saturated heterocycles. The van der Waals surface area contributed by atoms with Gasteiger partial charge in [-0.3, -0.25) is 9.69 Å². The lowest BCUT2D eigenvalue weighted by Crippen LogP contribution is -2.47. The molecule has 16 heavy (non-hydrogen) atoms. The van der Waals surface area contributed by atoms with Crippen molar-refractivity contribution in [3.8, 4) is 0 Å². The highest BCUT2D eigenvalue weighted by Crippen LogP contribution is 2.19. The first-order chi connectivity index (χ1) is 7.66. The molecule has 2 aliphatic rings. The van der Waals surface area contributed by atoms with E-state index in [4.69, 9.17) is 4.74 Å². The van der Waals surface area contributed by atoms with Crippen LogP contribution >= 0.6 is 0 Å². The van der Waals surface area contributed by atoms with Crippen LogP contribution in [0.1, 0.15) is 19.8 Å². The molecule has 3 unspecified atom stereocenters. The number of rotatable bonds is 2. The second-order valence-electron chi connectivity index (χ2n) is 5.08. The molecule has 0 aromatic heterocycles. The number of carbonyl (C=O) groups excluding carboxylic acids is 1. The molecule has 0 radical (unpaired) electrons. The summed E-state index contributed by atoms with van der Waals surface area (Å²) < 4.78 is 5.33. The van der Waals surface area contributed by atoms with Gasteiger partial charge >= 0.3 is 0 Å². The van der Waals surface area contributed by atoms with Crippen LogP contribution in [0.15, 0.2) is 0 Å². The van der Waals surface area contributed by atoms with Crippen molar-refractivity contribution in [2.24, 2.45) is 11.8 Å². The minimum atomic E-state index is -0.242. The molecule has 0 aliphatic carbocycles. The maximum atomic E-state index is 11.6. The summed E-state index contributed by atoms with van der Waals surface area (Å²) in [5.74, 6) is 0.725. The Hall–Kier alpha value is -0.450. The molecule has 1 N–H and O–H groups in total. The van der Waals surface area contributed by atoms with Crippen molar-refractivity contribution >= 4 is 5.78 Å². The summed E-state index contributed by atoms with van der Waals surface area (Å²) in [5, 5.41) is 9.79. The predicted octanol–water partition coefficient (Wildman–Crippen LogP) is 0.295. The van der Waals surface area contributed by atoms with E-state index in [-0.39, 0.29) is 12.0 Å². The van der Waals surface area contributed by atoms with Crippen molar-refractivity contribution in [2.45, 2.75) is 25.9 Å². The quantitative estimate of drug-likeness (QED) is 0.737. The van der Waals surface area contributed by atoms with E-state index in [0.717, 1.165) is 19.5 Å². The SMILES string of the molecule is CC1CCN(CC2COCCC2=O)CC1O. The Labute approximate surface area is 96.6 Å². The Morgan fingerprint density at radius 2 is 2.38 bits per heavy atom. The van der Waals surface area contributed by atoms with Gasteiger partial charge in [-0.1, -0.05) is 6.92 Å². The summed E-state index contributed by atoms with van der Waals surface area (Å²) in [4.78, 5) is 13.8. The van der Waals surface area contributed by atoms with Gasteiger partial charge in [0, 0.05) is 19.5 Å². The summed E-state index contributed by atoms with van der Waals surface area (Å²) in [6.07, 6.45) is 1.33. The van der Waals surface area contributed by atoms with Crippen molar-refractivity contribution in [3.05, 3.63) is 0 Å². The van der Waals surface area contributed by atoms with Crippen LogP contribution in [-0.4, -0.2) is 54.7 Å². The van der Waals surface area contributed by atoms with Crippen LogP contribution in [0.5, 0.6) is 0 Å². The lowest BCUT2D eigenvalue weighted by Gasteiger charge is -2.36. The first-order valence-corrected chi connectivity index (χ1v) is 6.17. The van der Waals surface area contributed by atoms with E-state index in [1.807, 2.05) is 0 Å². The number of aliphatic hydroxyl groups excluding tert-OH is 1. The number of hydrogen-bond donors (Lipinski definition) is 1. The molecular weight excluding hydrogens is 206 g/mol. The molecule has 4 heteroatoms. The number of Topliss-reactive ketones (excluding diaryl/α,β-unsaturated/α-hetero) is 1. The number of hydrogen-bond acceptors (Lipinski definition) is 4. The number of likely N-dealkylation sites (tertiary alicyclic amines) is 1. The van der Waals surface area contributed by atoms with E-state index in [0.29, 0.717) is 37.9 Å². The second kappa shape index (κ2) is 5.25. The maximum Gasteiger partial charge on any atom is 0.141 e. The van der Waals surface area contributed by atoms with E-state index < -0.39 is 0 Å². The molecule has 4 nitrogen and oxygen atoms in total.